The Morgan fingerprint density at radius 2 is 1.83 bits per heavy atom. The second-order valence-electron chi connectivity index (χ2n) is 5.14. The molecule has 18 heavy (non-hydrogen) atoms. The highest BCUT2D eigenvalue weighted by Gasteiger charge is 2.39. The van der Waals surface area contributed by atoms with Crippen LogP contribution in [0.2, 0.25) is 0 Å². The highest BCUT2D eigenvalue weighted by atomic mass is 16.7. The van der Waals surface area contributed by atoms with E-state index in [0.29, 0.717) is 0 Å². The van der Waals surface area contributed by atoms with Crippen molar-refractivity contribution >= 4 is 11.4 Å². The molecular formula is C14H20N2O2. The molecule has 0 atom stereocenters. The molecule has 2 aliphatic heterocycles. The second-order valence-corrected chi connectivity index (χ2v) is 5.14. The molecule has 2 N–H and O–H groups in total. The first-order chi connectivity index (χ1) is 8.69. The summed E-state index contributed by atoms with van der Waals surface area (Å²) in [4.78, 5) is 2.39. The number of nitrogen functional groups attached to an aromatic ring is 1. The van der Waals surface area contributed by atoms with Gasteiger partial charge in [0.25, 0.3) is 0 Å². The quantitative estimate of drug-likeness (QED) is 0.771. The van der Waals surface area contributed by atoms with Gasteiger partial charge in [-0.2, -0.15) is 0 Å². The van der Waals surface area contributed by atoms with Crippen molar-refractivity contribution in [3.05, 3.63) is 23.8 Å². The predicted molar refractivity (Wildman–Crippen MR) is 71.7 cm³/mol. The van der Waals surface area contributed by atoms with Crippen LogP contribution < -0.4 is 10.6 Å². The largest absolute Gasteiger partial charge is 0.399 e. The van der Waals surface area contributed by atoms with Gasteiger partial charge in [-0.15, -0.1) is 0 Å². The van der Waals surface area contributed by atoms with Crippen LogP contribution in [0.3, 0.4) is 0 Å². The van der Waals surface area contributed by atoms with Crippen LogP contribution in [0.15, 0.2) is 18.2 Å². The molecule has 2 saturated heterocycles. The molecule has 4 heteroatoms. The lowest BCUT2D eigenvalue weighted by atomic mass is 10.0. The van der Waals surface area contributed by atoms with Crippen molar-refractivity contribution in [3.8, 4) is 0 Å². The van der Waals surface area contributed by atoms with E-state index >= 15 is 0 Å². The van der Waals surface area contributed by atoms with E-state index in [4.69, 9.17) is 15.2 Å². The van der Waals surface area contributed by atoms with Gasteiger partial charge in [-0.25, -0.2) is 0 Å². The van der Waals surface area contributed by atoms with Gasteiger partial charge in [-0.05, 0) is 30.7 Å². The van der Waals surface area contributed by atoms with E-state index in [-0.39, 0.29) is 5.79 Å². The van der Waals surface area contributed by atoms with E-state index in [9.17, 15) is 0 Å². The van der Waals surface area contributed by atoms with Crippen LogP contribution in [0, 0.1) is 6.92 Å². The minimum atomic E-state index is -0.293. The normalized spacial score (nSPS) is 22.6. The third-order valence-corrected chi connectivity index (χ3v) is 3.90. The third-order valence-electron chi connectivity index (χ3n) is 3.90. The van der Waals surface area contributed by atoms with Crippen molar-refractivity contribution in [2.24, 2.45) is 0 Å². The van der Waals surface area contributed by atoms with Gasteiger partial charge in [0, 0.05) is 37.3 Å². The van der Waals surface area contributed by atoms with Crippen LogP contribution in [-0.2, 0) is 9.47 Å². The van der Waals surface area contributed by atoms with E-state index < -0.39 is 0 Å². The van der Waals surface area contributed by atoms with Crippen molar-refractivity contribution in [1.29, 1.82) is 0 Å². The Kier molecular flexibility index (Phi) is 2.92. The molecule has 2 fully saturated rings. The Labute approximate surface area is 108 Å². The molecule has 0 aromatic heterocycles. The summed E-state index contributed by atoms with van der Waals surface area (Å²) in [5, 5.41) is 0. The van der Waals surface area contributed by atoms with Crippen LogP contribution in [-0.4, -0.2) is 32.1 Å². The summed E-state index contributed by atoms with van der Waals surface area (Å²) in [5.41, 5.74) is 9.13. The number of anilines is 2. The van der Waals surface area contributed by atoms with Crippen molar-refractivity contribution in [3.63, 3.8) is 0 Å². The molecule has 2 heterocycles. The Morgan fingerprint density at radius 3 is 2.44 bits per heavy atom. The van der Waals surface area contributed by atoms with Gasteiger partial charge in [0.1, 0.15) is 0 Å². The molecule has 1 aromatic rings. The minimum absolute atomic E-state index is 0.293. The zero-order chi connectivity index (χ0) is 12.6. The van der Waals surface area contributed by atoms with Crippen LogP contribution >= 0.6 is 0 Å². The Morgan fingerprint density at radius 1 is 1.17 bits per heavy atom. The maximum absolute atomic E-state index is 5.79. The number of benzene rings is 1. The second kappa shape index (κ2) is 4.44. The number of hydrogen-bond donors (Lipinski definition) is 1. The van der Waals surface area contributed by atoms with E-state index in [1.165, 1.54) is 11.3 Å². The zero-order valence-electron chi connectivity index (χ0n) is 10.8. The fraction of sp³-hybridized carbons (Fsp3) is 0.571. The summed E-state index contributed by atoms with van der Waals surface area (Å²) in [6.07, 6.45) is 1.88. The SMILES string of the molecule is Cc1cc(N)ccc1N1CCC2(CC1)OCCO2. The summed E-state index contributed by atoms with van der Waals surface area (Å²) >= 11 is 0. The van der Waals surface area contributed by atoms with Crippen LogP contribution in [0.25, 0.3) is 0 Å². The van der Waals surface area contributed by atoms with E-state index in [2.05, 4.69) is 17.9 Å². The lowest BCUT2D eigenvalue weighted by molar-refractivity contribution is -0.169. The fourth-order valence-corrected chi connectivity index (χ4v) is 2.91. The monoisotopic (exact) mass is 248 g/mol. The molecule has 98 valence electrons. The van der Waals surface area contributed by atoms with Crippen molar-refractivity contribution in [2.75, 3.05) is 36.9 Å². The molecule has 2 aliphatic rings. The van der Waals surface area contributed by atoms with Crippen LogP contribution in [0.5, 0.6) is 0 Å². The number of nitrogens with two attached hydrogens (primary N) is 1. The van der Waals surface area contributed by atoms with Crippen molar-refractivity contribution < 1.29 is 9.47 Å². The Balaban J connectivity index is 1.72. The number of hydrogen-bond acceptors (Lipinski definition) is 4. The Hall–Kier alpha value is -1.26. The average Bonchev–Trinajstić information content (AvgIpc) is 2.80. The molecular weight excluding hydrogens is 228 g/mol. The number of piperidine rings is 1. The smallest absolute Gasteiger partial charge is 0.171 e. The van der Waals surface area contributed by atoms with E-state index in [1.807, 2.05) is 12.1 Å². The highest BCUT2D eigenvalue weighted by Crippen LogP contribution is 2.34. The lowest BCUT2D eigenvalue weighted by Crippen LogP contribution is -2.45. The van der Waals surface area contributed by atoms with E-state index in [1.54, 1.807) is 0 Å². The molecule has 0 amide bonds. The molecule has 1 aromatic carbocycles. The predicted octanol–water partition coefficient (Wildman–Crippen LogP) is 1.92. The molecule has 4 nitrogen and oxygen atoms in total. The minimum Gasteiger partial charge on any atom is -0.399 e. The molecule has 0 unspecified atom stereocenters. The van der Waals surface area contributed by atoms with Gasteiger partial charge in [0.2, 0.25) is 0 Å². The molecule has 0 saturated carbocycles. The number of nitrogens with zero attached hydrogens (tertiary/aromatic N) is 1. The first-order valence-corrected chi connectivity index (χ1v) is 6.58. The summed E-state index contributed by atoms with van der Waals surface area (Å²) < 4.78 is 11.5. The van der Waals surface area contributed by atoms with Gasteiger partial charge in [0.15, 0.2) is 5.79 Å². The third kappa shape index (κ3) is 2.06. The van der Waals surface area contributed by atoms with Crippen molar-refractivity contribution in [1.82, 2.24) is 0 Å². The van der Waals surface area contributed by atoms with Crippen LogP contribution in [0.1, 0.15) is 18.4 Å². The van der Waals surface area contributed by atoms with Crippen molar-refractivity contribution in [2.45, 2.75) is 25.6 Å². The van der Waals surface area contributed by atoms with Gasteiger partial charge in [-0.1, -0.05) is 0 Å². The van der Waals surface area contributed by atoms with Gasteiger partial charge in [0.05, 0.1) is 13.2 Å². The number of ether oxygens (including phenoxy) is 2. The summed E-state index contributed by atoms with van der Waals surface area (Å²) in [5.74, 6) is -0.293. The lowest BCUT2D eigenvalue weighted by Gasteiger charge is -2.39. The number of rotatable bonds is 1. The highest BCUT2D eigenvalue weighted by molar-refractivity contribution is 5.59. The zero-order valence-corrected chi connectivity index (χ0v) is 10.8. The first kappa shape index (κ1) is 11.8. The average molecular weight is 248 g/mol. The molecule has 0 bridgehead atoms. The molecule has 3 rings (SSSR count). The molecule has 0 radical (unpaired) electrons. The maximum Gasteiger partial charge on any atom is 0.171 e. The van der Waals surface area contributed by atoms with E-state index in [0.717, 1.165) is 44.8 Å². The molecule has 1 spiro atoms. The number of aryl methyl sites for hydroxylation is 1. The van der Waals surface area contributed by atoms with Gasteiger partial charge < -0.3 is 20.1 Å². The maximum atomic E-state index is 5.79. The van der Waals surface area contributed by atoms with Gasteiger partial charge >= 0.3 is 0 Å². The van der Waals surface area contributed by atoms with Gasteiger partial charge in [-0.3, -0.25) is 0 Å². The topological polar surface area (TPSA) is 47.7 Å². The summed E-state index contributed by atoms with van der Waals surface area (Å²) in [6.45, 7) is 5.54. The first-order valence-electron chi connectivity index (χ1n) is 6.58. The standard InChI is InChI=1S/C14H20N2O2/c1-11-10-12(15)2-3-13(11)16-6-4-14(5-7-16)17-8-9-18-14/h2-3,10H,4-9,15H2,1H3. The fourth-order valence-electron chi connectivity index (χ4n) is 2.91. The summed E-state index contributed by atoms with van der Waals surface area (Å²) in [6, 6.07) is 6.11. The Bertz CT molecular complexity index is 431. The van der Waals surface area contributed by atoms with Crippen LogP contribution in [0.4, 0.5) is 11.4 Å². The summed E-state index contributed by atoms with van der Waals surface area (Å²) in [7, 11) is 0. The molecule has 0 aliphatic carbocycles.